The highest BCUT2D eigenvalue weighted by atomic mass is 16.5. The number of fused-ring (bicyclic) bond motifs is 1. The van der Waals surface area contributed by atoms with Crippen LogP contribution >= 0.6 is 0 Å². The van der Waals surface area contributed by atoms with Crippen molar-refractivity contribution >= 4 is 5.91 Å². The third kappa shape index (κ3) is 3.09. The summed E-state index contributed by atoms with van der Waals surface area (Å²) < 4.78 is 7.93. The third-order valence-corrected chi connectivity index (χ3v) is 4.40. The fourth-order valence-corrected chi connectivity index (χ4v) is 3.17. The molecule has 1 amide bonds. The van der Waals surface area contributed by atoms with E-state index in [1.807, 2.05) is 24.0 Å². The van der Waals surface area contributed by atoms with Crippen molar-refractivity contribution in [2.24, 2.45) is 7.05 Å². The molecular weight excluding hydrogens is 270 g/mol. The summed E-state index contributed by atoms with van der Waals surface area (Å²) in [6.07, 6.45) is 3.99. The molecule has 0 saturated carbocycles. The average molecular weight is 293 g/mol. The van der Waals surface area contributed by atoms with E-state index >= 15 is 0 Å². The lowest BCUT2D eigenvalue weighted by atomic mass is 10.1. The van der Waals surface area contributed by atoms with E-state index in [2.05, 4.69) is 20.1 Å². The molecule has 3 heterocycles. The molecular formula is C14H23N5O2. The van der Waals surface area contributed by atoms with Gasteiger partial charge in [-0.15, -0.1) is 0 Å². The van der Waals surface area contributed by atoms with E-state index in [1.165, 1.54) is 0 Å². The zero-order valence-electron chi connectivity index (χ0n) is 12.7. The van der Waals surface area contributed by atoms with E-state index in [4.69, 9.17) is 4.74 Å². The number of imidazole rings is 1. The van der Waals surface area contributed by atoms with Crippen molar-refractivity contribution in [2.75, 3.05) is 39.8 Å². The van der Waals surface area contributed by atoms with Gasteiger partial charge in [0.1, 0.15) is 5.82 Å². The maximum Gasteiger partial charge on any atom is 0.233 e. The van der Waals surface area contributed by atoms with Crippen LogP contribution in [-0.2, 0) is 23.1 Å². The molecule has 7 nitrogen and oxygen atoms in total. The number of likely N-dealkylation sites (N-methyl/N-ethyl adjacent to an activating group) is 1. The monoisotopic (exact) mass is 293 g/mol. The first-order valence-corrected chi connectivity index (χ1v) is 7.42. The Morgan fingerprint density at radius 3 is 3.10 bits per heavy atom. The van der Waals surface area contributed by atoms with Crippen LogP contribution in [0.4, 0.5) is 0 Å². The van der Waals surface area contributed by atoms with Gasteiger partial charge in [-0.1, -0.05) is 0 Å². The van der Waals surface area contributed by atoms with Crippen LogP contribution in [0.25, 0.3) is 0 Å². The summed E-state index contributed by atoms with van der Waals surface area (Å²) in [7, 11) is 3.70. The van der Waals surface area contributed by atoms with Crippen LogP contribution in [-0.4, -0.2) is 77.2 Å². The SMILES string of the molecule is CNC(=O)CN1CCO[C@H]2CN(Cc3nccn3C)C[C@H]21. The van der Waals surface area contributed by atoms with Gasteiger partial charge < -0.3 is 14.6 Å². The van der Waals surface area contributed by atoms with Crippen LogP contribution in [0.5, 0.6) is 0 Å². The van der Waals surface area contributed by atoms with Crippen LogP contribution in [0.2, 0.25) is 0 Å². The van der Waals surface area contributed by atoms with E-state index in [0.29, 0.717) is 19.2 Å². The summed E-state index contributed by atoms with van der Waals surface area (Å²) in [6, 6.07) is 0.302. The van der Waals surface area contributed by atoms with Crippen molar-refractivity contribution in [3.63, 3.8) is 0 Å². The summed E-state index contributed by atoms with van der Waals surface area (Å²) in [5.41, 5.74) is 0. The molecule has 0 aromatic carbocycles. The number of carbonyl (C=O) groups is 1. The molecule has 0 spiro atoms. The number of rotatable bonds is 4. The Balaban J connectivity index is 1.63. The lowest BCUT2D eigenvalue weighted by molar-refractivity contribution is -0.125. The molecule has 0 unspecified atom stereocenters. The molecule has 7 heteroatoms. The Morgan fingerprint density at radius 1 is 1.52 bits per heavy atom. The molecule has 2 fully saturated rings. The number of amides is 1. The molecule has 1 aromatic rings. The molecule has 0 aliphatic carbocycles. The van der Waals surface area contributed by atoms with Crippen LogP contribution in [0.1, 0.15) is 5.82 Å². The molecule has 2 atom stereocenters. The van der Waals surface area contributed by atoms with E-state index in [-0.39, 0.29) is 12.0 Å². The summed E-state index contributed by atoms with van der Waals surface area (Å²) in [6.45, 7) is 4.64. The van der Waals surface area contributed by atoms with Gasteiger partial charge >= 0.3 is 0 Å². The zero-order valence-corrected chi connectivity index (χ0v) is 12.7. The predicted molar refractivity (Wildman–Crippen MR) is 77.7 cm³/mol. The number of ether oxygens (including phenoxy) is 1. The molecule has 2 aliphatic rings. The Labute approximate surface area is 124 Å². The van der Waals surface area contributed by atoms with Gasteiger partial charge in [0.15, 0.2) is 0 Å². The molecule has 1 N–H and O–H groups in total. The molecule has 2 saturated heterocycles. The second-order valence-corrected chi connectivity index (χ2v) is 5.77. The highest BCUT2D eigenvalue weighted by molar-refractivity contribution is 5.77. The Bertz CT molecular complexity index is 503. The van der Waals surface area contributed by atoms with E-state index < -0.39 is 0 Å². The van der Waals surface area contributed by atoms with Crippen LogP contribution in [0.3, 0.4) is 0 Å². The first kappa shape index (κ1) is 14.5. The van der Waals surface area contributed by atoms with E-state index in [9.17, 15) is 4.79 Å². The van der Waals surface area contributed by atoms with Crippen molar-refractivity contribution in [1.29, 1.82) is 0 Å². The van der Waals surface area contributed by atoms with Gasteiger partial charge in [-0.05, 0) is 0 Å². The fourth-order valence-electron chi connectivity index (χ4n) is 3.17. The fraction of sp³-hybridized carbons (Fsp3) is 0.714. The van der Waals surface area contributed by atoms with Gasteiger partial charge in [0, 0.05) is 46.1 Å². The van der Waals surface area contributed by atoms with Crippen molar-refractivity contribution in [2.45, 2.75) is 18.7 Å². The van der Waals surface area contributed by atoms with Crippen LogP contribution in [0, 0.1) is 0 Å². The van der Waals surface area contributed by atoms with E-state index in [1.54, 1.807) is 7.05 Å². The second-order valence-electron chi connectivity index (χ2n) is 5.77. The number of nitrogens with one attached hydrogen (secondary N) is 1. The smallest absolute Gasteiger partial charge is 0.233 e. The van der Waals surface area contributed by atoms with Crippen molar-refractivity contribution in [1.82, 2.24) is 24.7 Å². The van der Waals surface area contributed by atoms with Gasteiger partial charge in [-0.25, -0.2) is 4.98 Å². The molecule has 0 radical (unpaired) electrons. The van der Waals surface area contributed by atoms with Crippen LogP contribution in [0.15, 0.2) is 12.4 Å². The number of aromatic nitrogens is 2. The Hall–Kier alpha value is -1.44. The summed E-state index contributed by atoms with van der Waals surface area (Å²) in [5, 5.41) is 2.70. The maximum absolute atomic E-state index is 11.6. The topological polar surface area (TPSA) is 62.6 Å². The minimum atomic E-state index is 0.0678. The van der Waals surface area contributed by atoms with Crippen LogP contribution < -0.4 is 5.32 Å². The van der Waals surface area contributed by atoms with Gasteiger partial charge in [0.25, 0.3) is 0 Å². The molecule has 1 aromatic heterocycles. The van der Waals surface area contributed by atoms with Gasteiger partial charge in [-0.3, -0.25) is 14.6 Å². The number of aryl methyl sites for hydroxylation is 1. The minimum Gasteiger partial charge on any atom is -0.374 e. The second kappa shape index (κ2) is 6.13. The predicted octanol–water partition coefficient (Wildman–Crippen LogP) is -0.949. The van der Waals surface area contributed by atoms with Crippen molar-refractivity contribution < 1.29 is 9.53 Å². The molecule has 0 bridgehead atoms. The van der Waals surface area contributed by atoms with Crippen molar-refractivity contribution in [3.8, 4) is 0 Å². The number of hydrogen-bond donors (Lipinski definition) is 1. The molecule has 116 valence electrons. The number of nitrogens with zero attached hydrogens (tertiary/aromatic N) is 4. The Morgan fingerprint density at radius 2 is 2.38 bits per heavy atom. The minimum absolute atomic E-state index is 0.0678. The molecule has 3 rings (SSSR count). The first-order chi connectivity index (χ1) is 10.2. The summed E-state index contributed by atoms with van der Waals surface area (Å²) in [4.78, 5) is 20.6. The lowest BCUT2D eigenvalue weighted by Gasteiger charge is -2.36. The largest absolute Gasteiger partial charge is 0.374 e. The molecule has 21 heavy (non-hydrogen) atoms. The first-order valence-electron chi connectivity index (χ1n) is 7.42. The average Bonchev–Trinajstić information content (AvgIpc) is 3.06. The Kier molecular flexibility index (Phi) is 4.23. The highest BCUT2D eigenvalue weighted by Gasteiger charge is 2.40. The number of likely N-dealkylation sites (tertiary alicyclic amines) is 1. The summed E-state index contributed by atoms with van der Waals surface area (Å²) >= 11 is 0. The third-order valence-electron chi connectivity index (χ3n) is 4.40. The van der Waals surface area contributed by atoms with E-state index in [0.717, 1.165) is 32.0 Å². The number of morpholine rings is 1. The molecule has 2 aliphatic heterocycles. The maximum atomic E-state index is 11.6. The van der Waals surface area contributed by atoms with Gasteiger partial charge in [-0.2, -0.15) is 0 Å². The number of carbonyl (C=O) groups excluding carboxylic acids is 1. The number of hydrogen-bond acceptors (Lipinski definition) is 5. The standard InChI is InChI=1S/C14H23N5O2/c1-15-14(20)10-19-5-6-21-12-8-18(7-11(12)19)9-13-16-3-4-17(13)2/h3-4,11-12H,5-10H2,1-2H3,(H,15,20)/t11-,12+/m1/s1. The highest BCUT2D eigenvalue weighted by Crippen LogP contribution is 2.23. The zero-order chi connectivity index (χ0) is 14.8. The van der Waals surface area contributed by atoms with Gasteiger partial charge in [0.2, 0.25) is 5.91 Å². The summed E-state index contributed by atoms with van der Waals surface area (Å²) in [5.74, 6) is 1.13. The van der Waals surface area contributed by atoms with Crippen molar-refractivity contribution in [3.05, 3.63) is 18.2 Å². The quantitative estimate of drug-likeness (QED) is 0.776. The van der Waals surface area contributed by atoms with Gasteiger partial charge in [0.05, 0.1) is 31.8 Å². The normalized spacial score (nSPS) is 26.8. The lowest BCUT2D eigenvalue weighted by Crippen LogP contribution is -2.53.